The first kappa shape index (κ1) is 15.6. The van der Waals surface area contributed by atoms with Crippen molar-refractivity contribution in [3.8, 4) is 0 Å². The normalized spacial score (nSPS) is 18.1. The minimum Gasteiger partial charge on any atom is -0.374 e. The van der Waals surface area contributed by atoms with Crippen LogP contribution in [0.1, 0.15) is 33.6 Å². The minimum atomic E-state index is 0.302. The molecule has 1 heterocycles. The van der Waals surface area contributed by atoms with Crippen LogP contribution in [0.2, 0.25) is 0 Å². The molecule has 1 aliphatic heterocycles. The van der Waals surface area contributed by atoms with Gasteiger partial charge in [0.2, 0.25) is 0 Å². The lowest BCUT2D eigenvalue weighted by Gasteiger charge is -2.14. The van der Waals surface area contributed by atoms with Gasteiger partial charge >= 0.3 is 0 Å². The van der Waals surface area contributed by atoms with Crippen molar-refractivity contribution < 1.29 is 9.53 Å². The van der Waals surface area contributed by atoms with Crippen molar-refractivity contribution in [1.82, 2.24) is 0 Å². The minimum absolute atomic E-state index is 0.302. The lowest BCUT2D eigenvalue weighted by atomic mass is 10.2. The number of hydrogen-bond acceptors (Lipinski definition) is 2. The summed E-state index contributed by atoms with van der Waals surface area (Å²) in [5.74, 6) is 0. The molecule has 1 atom stereocenters. The van der Waals surface area contributed by atoms with Crippen molar-refractivity contribution in [1.29, 1.82) is 0 Å². The summed E-state index contributed by atoms with van der Waals surface area (Å²) in [5, 5.41) is 0. The molecule has 0 fully saturated rings. The van der Waals surface area contributed by atoms with Gasteiger partial charge in [0, 0.05) is 0 Å². The molecule has 0 aromatic carbocycles. The molecule has 2 nitrogen and oxygen atoms in total. The summed E-state index contributed by atoms with van der Waals surface area (Å²) in [6, 6.07) is 0. The van der Waals surface area contributed by atoms with Gasteiger partial charge in [-0.3, -0.25) is 0 Å². The van der Waals surface area contributed by atoms with Crippen LogP contribution in [0.25, 0.3) is 0 Å². The summed E-state index contributed by atoms with van der Waals surface area (Å²) in [6.45, 7) is 9.96. The van der Waals surface area contributed by atoms with Gasteiger partial charge in [-0.2, -0.15) is 0 Å². The standard InChI is InChI=1S/C8H12O.C2H4O.C2H6/c1-2-5-8-6-3-4-7-9-8;1-2-3;1-2/h2-3,6,8H,1,4-5,7H2;2H,1H3;1-2H3/t8-;;/m0../s1. The third-order valence-electron chi connectivity index (χ3n) is 1.37. The Morgan fingerprint density at radius 2 is 2.14 bits per heavy atom. The third-order valence-corrected chi connectivity index (χ3v) is 1.37. The lowest BCUT2D eigenvalue weighted by molar-refractivity contribution is -0.106. The molecule has 1 aliphatic rings. The van der Waals surface area contributed by atoms with E-state index in [4.69, 9.17) is 9.53 Å². The summed E-state index contributed by atoms with van der Waals surface area (Å²) >= 11 is 0. The van der Waals surface area contributed by atoms with E-state index in [0.29, 0.717) is 6.10 Å². The van der Waals surface area contributed by atoms with Gasteiger partial charge in [0.25, 0.3) is 0 Å². The topological polar surface area (TPSA) is 26.3 Å². The first-order valence-corrected chi connectivity index (χ1v) is 5.14. The molecule has 0 aromatic rings. The highest BCUT2D eigenvalue weighted by molar-refractivity contribution is 5.44. The Morgan fingerprint density at radius 3 is 2.50 bits per heavy atom. The molecule has 0 bridgehead atoms. The maximum atomic E-state index is 8.81. The second kappa shape index (κ2) is 14.6. The van der Waals surface area contributed by atoms with Gasteiger partial charge in [-0.1, -0.05) is 32.1 Å². The molecule has 0 saturated heterocycles. The number of carbonyl (C=O) groups is 1. The van der Waals surface area contributed by atoms with Crippen LogP contribution in [0, 0.1) is 0 Å². The maximum absolute atomic E-state index is 8.81. The number of rotatable bonds is 2. The van der Waals surface area contributed by atoms with E-state index in [1.54, 1.807) is 0 Å². The number of carbonyl (C=O) groups excluding carboxylic acids is 1. The average molecular weight is 198 g/mol. The van der Waals surface area contributed by atoms with Crippen LogP contribution in [-0.2, 0) is 9.53 Å². The van der Waals surface area contributed by atoms with Gasteiger partial charge in [-0.05, 0) is 19.8 Å². The van der Waals surface area contributed by atoms with Gasteiger partial charge in [0.05, 0.1) is 12.7 Å². The van der Waals surface area contributed by atoms with Gasteiger partial charge in [-0.15, -0.1) is 6.58 Å². The van der Waals surface area contributed by atoms with Crippen molar-refractivity contribution in [2.75, 3.05) is 6.61 Å². The van der Waals surface area contributed by atoms with Crippen molar-refractivity contribution in [2.45, 2.75) is 39.7 Å². The van der Waals surface area contributed by atoms with E-state index >= 15 is 0 Å². The fraction of sp³-hybridized carbons (Fsp3) is 0.583. The average Bonchev–Trinajstić information content (AvgIpc) is 2.24. The Kier molecular flexibility index (Phi) is 16.3. The Bertz CT molecular complexity index is 150. The molecular formula is C12H22O2. The molecule has 0 aromatic heterocycles. The third kappa shape index (κ3) is 11.1. The Morgan fingerprint density at radius 1 is 1.57 bits per heavy atom. The van der Waals surface area contributed by atoms with Crippen LogP contribution in [0.5, 0.6) is 0 Å². The monoisotopic (exact) mass is 198 g/mol. The van der Waals surface area contributed by atoms with E-state index in [2.05, 4.69) is 18.7 Å². The molecule has 0 aliphatic carbocycles. The molecule has 14 heavy (non-hydrogen) atoms. The first-order chi connectivity index (χ1) is 6.85. The molecule has 0 spiro atoms. The van der Waals surface area contributed by atoms with Crippen LogP contribution in [-0.4, -0.2) is 19.0 Å². The zero-order chi connectivity index (χ0) is 11.2. The van der Waals surface area contributed by atoms with E-state index in [9.17, 15) is 0 Å². The molecule has 0 saturated carbocycles. The Hall–Kier alpha value is -0.890. The predicted molar refractivity (Wildman–Crippen MR) is 61.4 cm³/mol. The molecule has 2 heteroatoms. The van der Waals surface area contributed by atoms with Crippen LogP contribution in [0.3, 0.4) is 0 Å². The fourth-order valence-corrected chi connectivity index (χ4v) is 0.902. The van der Waals surface area contributed by atoms with Crippen molar-refractivity contribution in [3.05, 3.63) is 24.8 Å². The van der Waals surface area contributed by atoms with Gasteiger partial charge in [0.1, 0.15) is 6.29 Å². The summed E-state index contributed by atoms with van der Waals surface area (Å²) < 4.78 is 5.36. The van der Waals surface area contributed by atoms with E-state index in [-0.39, 0.29) is 0 Å². The molecule has 0 radical (unpaired) electrons. The zero-order valence-corrected chi connectivity index (χ0v) is 9.53. The quantitative estimate of drug-likeness (QED) is 0.503. The van der Waals surface area contributed by atoms with Crippen LogP contribution in [0.4, 0.5) is 0 Å². The Labute approximate surface area is 87.7 Å². The van der Waals surface area contributed by atoms with Gasteiger partial charge < -0.3 is 9.53 Å². The number of hydrogen-bond donors (Lipinski definition) is 0. The van der Waals surface area contributed by atoms with Crippen molar-refractivity contribution in [2.24, 2.45) is 0 Å². The zero-order valence-electron chi connectivity index (χ0n) is 9.53. The number of ether oxygens (including phenoxy) is 1. The molecule has 0 amide bonds. The van der Waals surface area contributed by atoms with Crippen molar-refractivity contribution >= 4 is 6.29 Å². The summed E-state index contributed by atoms with van der Waals surface area (Å²) in [5.41, 5.74) is 0. The van der Waals surface area contributed by atoms with Crippen LogP contribution < -0.4 is 0 Å². The second-order valence-electron chi connectivity index (χ2n) is 2.39. The molecule has 82 valence electrons. The van der Waals surface area contributed by atoms with E-state index in [1.165, 1.54) is 6.92 Å². The molecule has 1 rings (SSSR count). The van der Waals surface area contributed by atoms with E-state index in [0.717, 1.165) is 25.7 Å². The van der Waals surface area contributed by atoms with Gasteiger partial charge in [0.15, 0.2) is 0 Å². The number of aldehydes is 1. The molecule has 0 unspecified atom stereocenters. The predicted octanol–water partition coefficient (Wildman–Crippen LogP) is 3.14. The van der Waals surface area contributed by atoms with Crippen molar-refractivity contribution in [3.63, 3.8) is 0 Å². The van der Waals surface area contributed by atoms with Crippen LogP contribution >= 0.6 is 0 Å². The highest BCUT2D eigenvalue weighted by Crippen LogP contribution is 2.07. The van der Waals surface area contributed by atoms with E-state index < -0.39 is 0 Å². The molecule has 0 N–H and O–H groups in total. The smallest absolute Gasteiger partial charge is 0.116 e. The first-order valence-electron chi connectivity index (χ1n) is 5.14. The maximum Gasteiger partial charge on any atom is 0.116 e. The summed E-state index contributed by atoms with van der Waals surface area (Å²) in [4.78, 5) is 8.81. The van der Waals surface area contributed by atoms with E-state index in [1.807, 2.05) is 19.9 Å². The largest absolute Gasteiger partial charge is 0.374 e. The fourth-order valence-electron chi connectivity index (χ4n) is 0.902. The van der Waals surface area contributed by atoms with Gasteiger partial charge in [-0.25, -0.2) is 0 Å². The summed E-state index contributed by atoms with van der Waals surface area (Å²) in [7, 11) is 0. The molecular weight excluding hydrogens is 176 g/mol. The Balaban J connectivity index is 0. The highest BCUT2D eigenvalue weighted by Gasteiger charge is 2.04. The SMILES string of the molecule is C=CC[C@H]1C=CCCO1.CC.CC=O. The highest BCUT2D eigenvalue weighted by atomic mass is 16.5. The summed E-state index contributed by atoms with van der Waals surface area (Å²) in [6.07, 6.45) is 9.21. The lowest BCUT2D eigenvalue weighted by Crippen LogP contribution is -2.12. The van der Waals surface area contributed by atoms with Crippen LogP contribution in [0.15, 0.2) is 24.8 Å². The second-order valence-corrected chi connectivity index (χ2v) is 2.39.